The smallest absolute Gasteiger partial charge is 0.305 e. The lowest BCUT2D eigenvalue weighted by atomic mass is 10.2. The van der Waals surface area contributed by atoms with Gasteiger partial charge >= 0.3 is 5.97 Å². The van der Waals surface area contributed by atoms with Gasteiger partial charge in [0, 0.05) is 18.0 Å². The second-order valence-electron chi connectivity index (χ2n) is 3.05. The molecule has 0 atom stereocenters. The Balaban J connectivity index is 0. The number of nitrogens with zero attached hydrogens (tertiary/aromatic N) is 1. The third kappa shape index (κ3) is 13.1. The van der Waals surface area contributed by atoms with Crippen molar-refractivity contribution in [2.45, 2.75) is 25.7 Å². The monoisotopic (exact) mass is 281 g/mol. The van der Waals surface area contributed by atoms with E-state index < -0.39 is 0 Å². The molecule has 7 heteroatoms. The average Bonchev–Trinajstić information content (AvgIpc) is 2.76. The molecular formula is C10H20ClN3O2S. The molecule has 0 spiro atoms. The normalized spacial score (nSPS) is 8.59. The molecule has 0 bridgehead atoms. The number of halogens is 1. The third-order valence-electron chi connectivity index (χ3n) is 1.76. The van der Waals surface area contributed by atoms with Crippen molar-refractivity contribution in [1.82, 2.24) is 4.98 Å². The molecule has 0 saturated carbocycles. The van der Waals surface area contributed by atoms with Gasteiger partial charge in [0.1, 0.15) is 0 Å². The fourth-order valence-electron chi connectivity index (χ4n) is 0.927. The summed E-state index contributed by atoms with van der Waals surface area (Å²) >= 11 is 1.44. The molecule has 5 nitrogen and oxygen atoms in total. The minimum absolute atomic E-state index is 0. The summed E-state index contributed by atoms with van der Waals surface area (Å²) in [7, 11) is 1.41. The summed E-state index contributed by atoms with van der Waals surface area (Å²) in [5, 5.41) is 2.48. The van der Waals surface area contributed by atoms with E-state index in [4.69, 9.17) is 11.5 Å². The summed E-state index contributed by atoms with van der Waals surface area (Å²) in [4.78, 5) is 14.2. The highest BCUT2D eigenvalue weighted by atomic mass is 35.5. The van der Waals surface area contributed by atoms with Crippen LogP contribution in [0.2, 0.25) is 0 Å². The van der Waals surface area contributed by atoms with Gasteiger partial charge in [0.25, 0.3) is 0 Å². The summed E-state index contributed by atoms with van der Waals surface area (Å²) in [6.07, 6.45) is 5.11. The molecule has 1 aromatic rings. The number of aromatic nitrogens is 1. The Hall–Kier alpha value is -0.850. The average molecular weight is 282 g/mol. The van der Waals surface area contributed by atoms with Crippen molar-refractivity contribution in [3.05, 3.63) is 11.6 Å². The molecule has 100 valence electrons. The lowest BCUT2D eigenvalue weighted by Gasteiger charge is -1.97. The number of nitrogens with two attached hydrogens (primary N) is 2. The van der Waals surface area contributed by atoms with Gasteiger partial charge in [0.05, 0.1) is 7.11 Å². The van der Waals surface area contributed by atoms with E-state index >= 15 is 0 Å². The highest BCUT2D eigenvalue weighted by molar-refractivity contribution is 7.13. The van der Waals surface area contributed by atoms with E-state index in [0.29, 0.717) is 18.1 Å². The first-order valence-electron chi connectivity index (χ1n) is 5.12. The summed E-state index contributed by atoms with van der Waals surface area (Å²) in [6, 6.07) is 0. The molecule has 0 aliphatic carbocycles. The highest BCUT2D eigenvalue weighted by Gasteiger charge is 1.97. The van der Waals surface area contributed by atoms with Crippen molar-refractivity contribution in [3.63, 3.8) is 0 Å². The van der Waals surface area contributed by atoms with Gasteiger partial charge < -0.3 is 16.2 Å². The summed E-state index contributed by atoms with van der Waals surface area (Å²) in [5.41, 5.74) is 10.4. The number of carbonyl (C=O) groups is 1. The molecule has 0 saturated heterocycles. The minimum Gasteiger partial charge on any atom is -0.469 e. The lowest BCUT2D eigenvalue weighted by molar-refractivity contribution is -0.140. The van der Waals surface area contributed by atoms with Crippen LogP contribution in [-0.4, -0.2) is 24.6 Å². The third-order valence-corrected chi connectivity index (χ3v) is 2.37. The zero-order valence-corrected chi connectivity index (χ0v) is 11.6. The molecule has 0 unspecified atom stereocenters. The largest absolute Gasteiger partial charge is 0.469 e. The minimum atomic E-state index is -0.128. The fourth-order valence-corrected chi connectivity index (χ4v) is 1.31. The van der Waals surface area contributed by atoms with Gasteiger partial charge in [-0.3, -0.25) is 4.79 Å². The Morgan fingerprint density at radius 2 is 2.18 bits per heavy atom. The molecule has 0 aromatic carbocycles. The quantitative estimate of drug-likeness (QED) is 0.634. The highest BCUT2D eigenvalue weighted by Crippen LogP contribution is 2.02. The van der Waals surface area contributed by atoms with Crippen LogP contribution in [0.15, 0.2) is 11.6 Å². The Kier molecular flexibility index (Phi) is 14.4. The molecule has 1 heterocycles. The number of carbonyl (C=O) groups excluding carboxylic acids is 1. The fraction of sp³-hybridized carbons (Fsp3) is 0.600. The Labute approximate surface area is 112 Å². The first kappa shape index (κ1) is 18.5. The van der Waals surface area contributed by atoms with Crippen LogP contribution < -0.4 is 11.5 Å². The maximum absolute atomic E-state index is 10.5. The van der Waals surface area contributed by atoms with E-state index in [-0.39, 0.29) is 18.4 Å². The van der Waals surface area contributed by atoms with Gasteiger partial charge in [-0.25, -0.2) is 4.98 Å². The van der Waals surface area contributed by atoms with Gasteiger partial charge in [-0.05, 0) is 19.4 Å². The SMILES string of the molecule is COC(=O)CCCCCN.Cl.Nc1nccs1. The van der Waals surface area contributed by atoms with Crippen molar-refractivity contribution in [2.75, 3.05) is 19.4 Å². The molecule has 0 aliphatic heterocycles. The number of nitrogen functional groups attached to an aromatic ring is 1. The predicted octanol–water partition coefficient (Wildman–Crippen LogP) is 1.83. The maximum atomic E-state index is 10.5. The van der Waals surface area contributed by atoms with E-state index in [1.165, 1.54) is 18.4 Å². The van der Waals surface area contributed by atoms with Gasteiger partial charge in [-0.2, -0.15) is 0 Å². The van der Waals surface area contributed by atoms with Crippen LogP contribution in [0.3, 0.4) is 0 Å². The van der Waals surface area contributed by atoms with E-state index in [1.54, 1.807) is 6.20 Å². The molecule has 0 fully saturated rings. The van der Waals surface area contributed by atoms with Crippen molar-refractivity contribution < 1.29 is 9.53 Å². The number of rotatable bonds is 5. The van der Waals surface area contributed by atoms with Crippen LogP contribution in [0.5, 0.6) is 0 Å². The molecule has 1 rings (SSSR count). The van der Waals surface area contributed by atoms with Crippen molar-refractivity contribution in [3.8, 4) is 0 Å². The Bertz CT molecular complexity index is 271. The van der Waals surface area contributed by atoms with Crippen LogP contribution in [-0.2, 0) is 9.53 Å². The van der Waals surface area contributed by atoms with Crippen molar-refractivity contribution in [1.29, 1.82) is 0 Å². The number of hydrogen-bond donors (Lipinski definition) is 2. The number of thiazole rings is 1. The Morgan fingerprint density at radius 3 is 2.53 bits per heavy atom. The van der Waals surface area contributed by atoms with Crippen LogP contribution in [0.4, 0.5) is 5.13 Å². The topological polar surface area (TPSA) is 91.2 Å². The van der Waals surface area contributed by atoms with Gasteiger partial charge in [-0.15, -0.1) is 23.7 Å². The number of esters is 1. The van der Waals surface area contributed by atoms with E-state index in [2.05, 4.69) is 9.72 Å². The molecule has 0 radical (unpaired) electrons. The molecule has 0 aliphatic rings. The van der Waals surface area contributed by atoms with Gasteiger partial charge in [0.2, 0.25) is 0 Å². The zero-order valence-electron chi connectivity index (χ0n) is 9.93. The van der Waals surface area contributed by atoms with Crippen LogP contribution in [0, 0.1) is 0 Å². The summed E-state index contributed by atoms with van der Waals surface area (Å²) in [6.45, 7) is 0.709. The van der Waals surface area contributed by atoms with Crippen molar-refractivity contribution in [2.24, 2.45) is 5.73 Å². The number of hydrogen-bond acceptors (Lipinski definition) is 6. The standard InChI is InChI=1S/C7H15NO2.C3H4N2S.ClH/c1-10-7(9)5-3-2-4-6-8;4-3-5-1-2-6-3;/h2-6,8H2,1H3;1-2H,(H2,4,5);1H. The first-order chi connectivity index (χ1) is 7.70. The predicted molar refractivity (Wildman–Crippen MR) is 73.3 cm³/mol. The van der Waals surface area contributed by atoms with Gasteiger partial charge in [-0.1, -0.05) is 6.42 Å². The molecule has 4 N–H and O–H groups in total. The van der Waals surface area contributed by atoms with Crippen LogP contribution in [0.25, 0.3) is 0 Å². The lowest BCUT2D eigenvalue weighted by Crippen LogP contribution is -2.01. The van der Waals surface area contributed by atoms with E-state index in [9.17, 15) is 4.79 Å². The second-order valence-corrected chi connectivity index (χ2v) is 3.97. The Morgan fingerprint density at radius 1 is 1.47 bits per heavy atom. The summed E-state index contributed by atoms with van der Waals surface area (Å²) in [5.74, 6) is -0.128. The second kappa shape index (κ2) is 13.2. The molecule has 1 aromatic heterocycles. The number of anilines is 1. The van der Waals surface area contributed by atoms with Crippen LogP contribution >= 0.6 is 23.7 Å². The molecule has 17 heavy (non-hydrogen) atoms. The molecular weight excluding hydrogens is 262 g/mol. The summed E-state index contributed by atoms with van der Waals surface area (Å²) < 4.78 is 4.46. The van der Waals surface area contributed by atoms with Crippen LogP contribution in [0.1, 0.15) is 25.7 Å². The number of methoxy groups -OCH3 is 1. The number of unbranched alkanes of at least 4 members (excludes halogenated alkanes) is 2. The van der Waals surface area contributed by atoms with Crippen molar-refractivity contribution >= 4 is 34.8 Å². The number of ether oxygens (including phenoxy) is 1. The zero-order chi connectivity index (χ0) is 12.2. The van der Waals surface area contributed by atoms with E-state index in [0.717, 1.165) is 19.3 Å². The van der Waals surface area contributed by atoms with E-state index in [1.807, 2.05) is 5.38 Å². The maximum Gasteiger partial charge on any atom is 0.305 e. The molecule has 0 amide bonds. The van der Waals surface area contributed by atoms with Gasteiger partial charge in [0.15, 0.2) is 5.13 Å². The first-order valence-corrected chi connectivity index (χ1v) is 6.00.